The molecule has 0 fully saturated rings. The van der Waals surface area contributed by atoms with Crippen LogP contribution in [0.1, 0.15) is 27.7 Å². The van der Waals surface area contributed by atoms with E-state index in [0.717, 1.165) is 11.1 Å². The first kappa shape index (κ1) is 10.3. The number of hydrogen-bond acceptors (Lipinski definition) is 3. The molecule has 0 saturated heterocycles. The van der Waals surface area contributed by atoms with Gasteiger partial charge in [-0.15, -0.1) is 0 Å². The Morgan fingerprint density at radius 3 is 2.71 bits per heavy atom. The highest BCUT2D eigenvalue weighted by Gasteiger charge is 2.34. The molecule has 4 heteroatoms. The van der Waals surface area contributed by atoms with Crippen molar-refractivity contribution in [1.82, 2.24) is 4.98 Å². The number of benzene rings is 1. The van der Waals surface area contributed by atoms with Crippen molar-refractivity contribution in [1.29, 1.82) is 0 Å². The van der Waals surface area contributed by atoms with Gasteiger partial charge < -0.3 is 4.74 Å². The largest absolute Gasteiger partial charge is 0.448 e. The van der Waals surface area contributed by atoms with Crippen molar-refractivity contribution in [2.45, 2.75) is 6.10 Å². The molecular weight excluding hydrogens is 238 g/mol. The van der Waals surface area contributed by atoms with Gasteiger partial charge in [-0.25, -0.2) is 9.78 Å². The number of aromatic nitrogens is 1. The molecule has 3 rings (SSSR count). The maximum atomic E-state index is 11.6. The summed E-state index contributed by atoms with van der Waals surface area (Å²) >= 11 is 6.11. The first-order chi connectivity index (χ1) is 8.27. The molecule has 0 amide bonds. The lowest BCUT2D eigenvalue weighted by Gasteiger charge is -2.12. The first-order valence-corrected chi connectivity index (χ1v) is 5.55. The molecule has 2 aromatic rings. The Morgan fingerprint density at radius 2 is 1.88 bits per heavy atom. The molecule has 1 aliphatic heterocycles. The fourth-order valence-corrected chi connectivity index (χ4v) is 2.18. The minimum Gasteiger partial charge on any atom is -0.448 e. The van der Waals surface area contributed by atoms with E-state index >= 15 is 0 Å². The van der Waals surface area contributed by atoms with Crippen molar-refractivity contribution in [3.8, 4) is 0 Å². The lowest BCUT2D eigenvalue weighted by atomic mass is 10.0. The van der Waals surface area contributed by atoms with Gasteiger partial charge in [0.1, 0.15) is 0 Å². The zero-order valence-electron chi connectivity index (χ0n) is 8.76. The van der Waals surface area contributed by atoms with Crippen molar-refractivity contribution >= 4 is 17.6 Å². The number of ether oxygens (including phenoxy) is 1. The minimum absolute atomic E-state index is 0.373. The van der Waals surface area contributed by atoms with Gasteiger partial charge in [0, 0.05) is 22.3 Å². The van der Waals surface area contributed by atoms with E-state index in [-0.39, 0.29) is 0 Å². The molecule has 1 unspecified atom stereocenters. The predicted molar refractivity (Wildman–Crippen MR) is 62.9 cm³/mol. The van der Waals surface area contributed by atoms with Crippen molar-refractivity contribution in [2.75, 3.05) is 0 Å². The normalized spacial score (nSPS) is 17.7. The number of cyclic esters (lactones) is 1. The number of carbonyl (C=O) groups is 1. The minimum atomic E-state index is -0.445. The van der Waals surface area contributed by atoms with Gasteiger partial charge in [-0.3, -0.25) is 0 Å². The smallest absolute Gasteiger partial charge is 0.358 e. The Balaban J connectivity index is 2.14. The van der Waals surface area contributed by atoms with E-state index in [4.69, 9.17) is 16.3 Å². The number of carbonyl (C=O) groups excluding carboxylic acids is 1. The molecule has 1 aromatic heterocycles. The molecule has 1 atom stereocenters. The van der Waals surface area contributed by atoms with E-state index in [1.807, 2.05) is 24.3 Å². The summed E-state index contributed by atoms with van der Waals surface area (Å²) in [4.78, 5) is 15.7. The lowest BCUT2D eigenvalue weighted by molar-refractivity contribution is 0.0452. The van der Waals surface area contributed by atoms with Crippen LogP contribution in [0.2, 0.25) is 5.02 Å². The van der Waals surface area contributed by atoms with Gasteiger partial charge in [0.15, 0.2) is 11.8 Å². The standard InChI is InChI=1S/C13H8ClNO2/c14-10-6-2-1-4-8(10)12-9-5-3-7-15-11(9)13(16)17-12/h1-7,12H. The van der Waals surface area contributed by atoms with Crippen molar-refractivity contribution in [3.63, 3.8) is 0 Å². The summed E-state index contributed by atoms with van der Waals surface area (Å²) in [6, 6.07) is 10.9. The van der Waals surface area contributed by atoms with Crippen molar-refractivity contribution < 1.29 is 9.53 Å². The van der Waals surface area contributed by atoms with Gasteiger partial charge in [-0.2, -0.15) is 0 Å². The number of pyridine rings is 1. The molecule has 1 aliphatic rings. The maximum Gasteiger partial charge on any atom is 0.358 e. The molecule has 0 spiro atoms. The number of rotatable bonds is 1. The third-order valence-electron chi connectivity index (χ3n) is 2.73. The number of halogens is 1. The van der Waals surface area contributed by atoms with E-state index in [1.54, 1.807) is 18.3 Å². The van der Waals surface area contributed by atoms with Crippen LogP contribution in [0.15, 0.2) is 42.6 Å². The molecule has 2 heterocycles. The molecule has 0 saturated carbocycles. The summed E-state index contributed by atoms with van der Waals surface area (Å²) in [5.41, 5.74) is 1.93. The SMILES string of the molecule is O=C1OC(c2ccccc2Cl)c2cccnc21. The van der Waals surface area contributed by atoms with Gasteiger partial charge in [0.2, 0.25) is 0 Å². The van der Waals surface area contributed by atoms with Gasteiger partial charge in [0.05, 0.1) is 0 Å². The topological polar surface area (TPSA) is 39.2 Å². The highest BCUT2D eigenvalue weighted by Crippen LogP contribution is 2.37. The van der Waals surface area contributed by atoms with Gasteiger partial charge in [-0.05, 0) is 12.1 Å². The van der Waals surface area contributed by atoms with E-state index in [2.05, 4.69) is 4.98 Å². The monoisotopic (exact) mass is 245 g/mol. The predicted octanol–water partition coefficient (Wildman–Crippen LogP) is 2.99. The second-order valence-electron chi connectivity index (χ2n) is 3.75. The van der Waals surface area contributed by atoms with Crippen molar-refractivity contribution in [2.24, 2.45) is 0 Å². The third kappa shape index (κ3) is 1.59. The van der Waals surface area contributed by atoms with Gasteiger partial charge >= 0.3 is 5.97 Å². The molecule has 0 bridgehead atoms. The number of hydrogen-bond donors (Lipinski definition) is 0. The number of nitrogens with zero attached hydrogens (tertiary/aromatic N) is 1. The van der Waals surface area contributed by atoms with Crippen LogP contribution in [-0.2, 0) is 4.74 Å². The van der Waals surface area contributed by atoms with Crippen LogP contribution in [-0.4, -0.2) is 11.0 Å². The Bertz CT molecular complexity index is 597. The average molecular weight is 246 g/mol. The Morgan fingerprint density at radius 1 is 1.12 bits per heavy atom. The lowest BCUT2D eigenvalue weighted by Crippen LogP contribution is -2.01. The van der Waals surface area contributed by atoms with Crippen LogP contribution >= 0.6 is 11.6 Å². The molecule has 0 N–H and O–H groups in total. The zero-order chi connectivity index (χ0) is 11.8. The summed E-state index contributed by atoms with van der Waals surface area (Å²) in [7, 11) is 0. The molecule has 0 radical (unpaired) electrons. The molecule has 0 aliphatic carbocycles. The van der Waals surface area contributed by atoms with E-state index < -0.39 is 12.1 Å². The number of esters is 1. The summed E-state index contributed by atoms with van der Waals surface area (Å²) in [6.07, 6.45) is 1.13. The summed E-state index contributed by atoms with van der Waals surface area (Å²) < 4.78 is 5.31. The highest BCUT2D eigenvalue weighted by atomic mass is 35.5. The quantitative estimate of drug-likeness (QED) is 0.725. The molecule has 3 nitrogen and oxygen atoms in total. The van der Waals surface area contributed by atoms with E-state index in [1.165, 1.54) is 0 Å². The average Bonchev–Trinajstić information content (AvgIpc) is 2.68. The zero-order valence-corrected chi connectivity index (χ0v) is 9.52. The fraction of sp³-hybridized carbons (Fsp3) is 0.0769. The summed E-state index contributed by atoms with van der Waals surface area (Å²) in [5.74, 6) is -0.398. The molecule has 1 aromatic carbocycles. The van der Waals surface area contributed by atoms with E-state index in [0.29, 0.717) is 10.7 Å². The molecular formula is C13H8ClNO2. The molecule has 17 heavy (non-hydrogen) atoms. The Hall–Kier alpha value is -1.87. The fourth-order valence-electron chi connectivity index (χ4n) is 1.94. The van der Waals surface area contributed by atoms with Gasteiger partial charge in [0.25, 0.3) is 0 Å². The van der Waals surface area contributed by atoms with Crippen molar-refractivity contribution in [3.05, 3.63) is 64.4 Å². The van der Waals surface area contributed by atoms with Crippen LogP contribution in [0, 0.1) is 0 Å². The van der Waals surface area contributed by atoms with E-state index in [9.17, 15) is 4.79 Å². The second-order valence-corrected chi connectivity index (χ2v) is 4.16. The van der Waals surface area contributed by atoms with Crippen LogP contribution in [0.5, 0.6) is 0 Å². The van der Waals surface area contributed by atoms with Crippen LogP contribution in [0.25, 0.3) is 0 Å². The second kappa shape index (κ2) is 3.86. The number of fused-ring (bicyclic) bond motifs is 1. The van der Waals surface area contributed by atoms with Gasteiger partial charge in [-0.1, -0.05) is 35.9 Å². The summed E-state index contributed by atoms with van der Waals surface area (Å²) in [5, 5.41) is 0.585. The Labute approximate surface area is 103 Å². The first-order valence-electron chi connectivity index (χ1n) is 5.17. The third-order valence-corrected chi connectivity index (χ3v) is 3.07. The molecule has 84 valence electrons. The summed E-state index contributed by atoms with van der Waals surface area (Å²) in [6.45, 7) is 0. The Kier molecular flexibility index (Phi) is 2.34. The van der Waals surface area contributed by atoms with Crippen LogP contribution < -0.4 is 0 Å². The van der Waals surface area contributed by atoms with Crippen LogP contribution in [0.3, 0.4) is 0 Å². The highest BCUT2D eigenvalue weighted by molar-refractivity contribution is 6.31. The van der Waals surface area contributed by atoms with Crippen LogP contribution in [0.4, 0.5) is 0 Å². The maximum absolute atomic E-state index is 11.6.